The van der Waals surface area contributed by atoms with Crippen LogP contribution in [0.2, 0.25) is 0 Å². The summed E-state index contributed by atoms with van der Waals surface area (Å²) in [5.41, 5.74) is 4.66. The first-order chi connectivity index (χ1) is 14.1. The van der Waals surface area contributed by atoms with Crippen molar-refractivity contribution in [3.63, 3.8) is 0 Å². The fourth-order valence-corrected chi connectivity index (χ4v) is 3.62. The Balaban J connectivity index is 1.37. The number of rotatable bonds is 5. The number of aryl methyl sites for hydroxylation is 2. The molecule has 1 aliphatic heterocycles. The molecule has 152 valence electrons. The van der Waals surface area contributed by atoms with Crippen molar-refractivity contribution in [2.75, 3.05) is 42.9 Å². The number of hydrogen-bond acceptors (Lipinski definition) is 7. The monoisotopic (exact) mass is 394 g/mol. The number of piperazine rings is 1. The van der Waals surface area contributed by atoms with Crippen LogP contribution in [0.3, 0.4) is 0 Å². The van der Waals surface area contributed by atoms with Gasteiger partial charge in [-0.05, 0) is 38.0 Å². The number of carbonyl (C=O) groups excluding carboxylic acids is 1. The minimum atomic E-state index is 0.0162. The lowest BCUT2D eigenvalue weighted by molar-refractivity contribution is -0.117. The van der Waals surface area contributed by atoms with E-state index in [9.17, 15) is 4.79 Å². The Labute approximate surface area is 169 Å². The molecule has 0 aliphatic carbocycles. The molecule has 3 heterocycles. The van der Waals surface area contributed by atoms with Crippen molar-refractivity contribution in [2.45, 2.75) is 27.3 Å². The van der Waals surface area contributed by atoms with Gasteiger partial charge in [-0.1, -0.05) is 17.3 Å². The summed E-state index contributed by atoms with van der Waals surface area (Å²) in [4.78, 5) is 25.6. The molecule has 1 aromatic carbocycles. The zero-order chi connectivity index (χ0) is 20.4. The third-order valence-electron chi connectivity index (χ3n) is 5.50. The van der Waals surface area contributed by atoms with Gasteiger partial charge in [-0.15, -0.1) is 5.10 Å². The van der Waals surface area contributed by atoms with Crippen molar-refractivity contribution in [3.05, 3.63) is 35.7 Å². The van der Waals surface area contributed by atoms with Gasteiger partial charge in [0.25, 0.3) is 0 Å². The average Bonchev–Trinajstić information content (AvgIpc) is 3.15. The summed E-state index contributed by atoms with van der Waals surface area (Å²) >= 11 is 0. The maximum absolute atomic E-state index is 12.5. The Morgan fingerprint density at radius 2 is 1.93 bits per heavy atom. The van der Waals surface area contributed by atoms with E-state index in [1.165, 1.54) is 5.56 Å². The Hall–Kier alpha value is -3.07. The largest absolute Gasteiger partial charge is 0.352 e. The van der Waals surface area contributed by atoms with Crippen LogP contribution in [0.1, 0.15) is 18.1 Å². The molecule has 4 rings (SSSR count). The lowest BCUT2D eigenvalue weighted by Crippen LogP contribution is -2.49. The molecule has 0 radical (unpaired) electrons. The number of carbonyl (C=O) groups is 1. The number of amides is 1. The molecule has 1 aliphatic rings. The van der Waals surface area contributed by atoms with Crippen molar-refractivity contribution >= 4 is 28.6 Å². The third kappa shape index (κ3) is 3.91. The minimum Gasteiger partial charge on any atom is -0.352 e. The highest BCUT2D eigenvalue weighted by molar-refractivity contribution is 5.93. The molecular formula is C20H26N8O. The second kappa shape index (κ2) is 8.12. The van der Waals surface area contributed by atoms with Crippen LogP contribution < -0.4 is 10.2 Å². The number of aromatic nitrogens is 5. The first kappa shape index (κ1) is 19.3. The maximum atomic E-state index is 12.5. The lowest BCUT2D eigenvalue weighted by Gasteiger charge is -2.34. The first-order valence-corrected chi connectivity index (χ1v) is 9.94. The van der Waals surface area contributed by atoms with Gasteiger partial charge in [0.2, 0.25) is 5.91 Å². The van der Waals surface area contributed by atoms with Gasteiger partial charge in [0.15, 0.2) is 17.0 Å². The molecule has 0 unspecified atom stereocenters. The van der Waals surface area contributed by atoms with E-state index in [0.717, 1.165) is 61.0 Å². The van der Waals surface area contributed by atoms with Crippen LogP contribution in [0.4, 0.5) is 11.5 Å². The van der Waals surface area contributed by atoms with Crippen LogP contribution >= 0.6 is 0 Å². The molecule has 0 spiro atoms. The second-order valence-corrected chi connectivity index (χ2v) is 7.33. The highest BCUT2D eigenvalue weighted by atomic mass is 16.2. The number of anilines is 2. The summed E-state index contributed by atoms with van der Waals surface area (Å²) in [7, 11) is 0. The number of benzene rings is 1. The Morgan fingerprint density at radius 1 is 1.14 bits per heavy atom. The van der Waals surface area contributed by atoms with Gasteiger partial charge in [-0.25, -0.2) is 14.6 Å². The molecule has 1 saturated heterocycles. The van der Waals surface area contributed by atoms with E-state index in [1.54, 1.807) is 11.0 Å². The number of fused-ring (bicyclic) bond motifs is 1. The number of hydrogen-bond donors (Lipinski definition) is 1. The Morgan fingerprint density at radius 3 is 2.69 bits per heavy atom. The van der Waals surface area contributed by atoms with Crippen molar-refractivity contribution in [3.8, 4) is 0 Å². The minimum absolute atomic E-state index is 0.0162. The predicted octanol–water partition coefficient (Wildman–Crippen LogP) is 1.62. The zero-order valence-electron chi connectivity index (χ0n) is 17.1. The number of nitrogens with zero attached hydrogens (tertiary/aromatic N) is 7. The molecule has 0 atom stereocenters. The van der Waals surface area contributed by atoms with Gasteiger partial charge in [0.05, 0.1) is 6.54 Å². The van der Waals surface area contributed by atoms with Gasteiger partial charge < -0.3 is 10.2 Å². The van der Waals surface area contributed by atoms with E-state index in [2.05, 4.69) is 35.4 Å². The fraction of sp³-hybridized carbons (Fsp3) is 0.450. The van der Waals surface area contributed by atoms with Gasteiger partial charge in [-0.3, -0.25) is 9.69 Å². The Kier molecular flexibility index (Phi) is 5.39. The zero-order valence-corrected chi connectivity index (χ0v) is 17.1. The van der Waals surface area contributed by atoms with Gasteiger partial charge in [-0.2, -0.15) is 0 Å². The van der Waals surface area contributed by atoms with Gasteiger partial charge in [0.1, 0.15) is 6.33 Å². The molecule has 2 aromatic heterocycles. The molecule has 9 nitrogen and oxygen atoms in total. The highest BCUT2D eigenvalue weighted by Gasteiger charge is 2.23. The normalized spacial score (nSPS) is 15.1. The SMILES string of the molecule is CCn1nnc2c(N3CCN(CC(=O)Nc4cccc(C)c4C)CC3)ncnc21. The second-order valence-electron chi connectivity index (χ2n) is 7.33. The molecule has 1 amide bonds. The summed E-state index contributed by atoms with van der Waals surface area (Å²) in [6.07, 6.45) is 1.57. The van der Waals surface area contributed by atoms with Crippen molar-refractivity contribution in [1.82, 2.24) is 29.9 Å². The van der Waals surface area contributed by atoms with Crippen LogP contribution in [0.5, 0.6) is 0 Å². The van der Waals surface area contributed by atoms with E-state index >= 15 is 0 Å². The summed E-state index contributed by atoms with van der Waals surface area (Å²) in [6, 6.07) is 5.96. The molecule has 1 N–H and O–H groups in total. The topological polar surface area (TPSA) is 92.1 Å². The standard InChI is InChI=1S/C20H26N8O/c1-4-28-20-18(24-25-28)19(21-13-22-20)27-10-8-26(9-11-27)12-17(29)23-16-7-5-6-14(2)15(16)3/h5-7,13H,4,8-12H2,1-3H3,(H,23,29). The van der Waals surface area contributed by atoms with E-state index in [0.29, 0.717) is 6.54 Å². The molecule has 29 heavy (non-hydrogen) atoms. The smallest absolute Gasteiger partial charge is 0.238 e. The summed E-state index contributed by atoms with van der Waals surface area (Å²) < 4.78 is 1.77. The molecule has 1 fully saturated rings. The van der Waals surface area contributed by atoms with E-state index in [1.807, 2.05) is 39.0 Å². The summed E-state index contributed by atoms with van der Waals surface area (Å²) in [5.74, 6) is 0.830. The summed E-state index contributed by atoms with van der Waals surface area (Å²) in [6.45, 7) is 10.3. The number of nitrogens with one attached hydrogen (secondary N) is 1. The van der Waals surface area contributed by atoms with E-state index in [-0.39, 0.29) is 5.91 Å². The van der Waals surface area contributed by atoms with Crippen LogP contribution in [0.15, 0.2) is 24.5 Å². The third-order valence-corrected chi connectivity index (χ3v) is 5.50. The molecule has 9 heteroatoms. The van der Waals surface area contributed by atoms with Crippen molar-refractivity contribution < 1.29 is 4.79 Å². The predicted molar refractivity (Wildman–Crippen MR) is 112 cm³/mol. The van der Waals surface area contributed by atoms with Crippen molar-refractivity contribution in [2.24, 2.45) is 0 Å². The van der Waals surface area contributed by atoms with Crippen LogP contribution in [0, 0.1) is 13.8 Å². The maximum Gasteiger partial charge on any atom is 0.238 e. The van der Waals surface area contributed by atoms with Gasteiger partial charge in [0, 0.05) is 38.4 Å². The van der Waals surface area contributed by atoms with Crippen molar-refractivity contribution in [1.29, 1.82) is 0 Å². The van der Waals surface area contributed by atoms with Crippen LogP contribution in [-0.2, 0) is 11.3 Å². The van der Waals surface area contributed by atoms with Crippen LogP contribution in [-0.4, -0.2) is 68.5 Å². The highest BCUT2D eigenvalue weighted by Crippen LogP contribution is 2.22. The van der Waals surface area contributed by atoms with E-state index in [4.69, 9.17) is 0 Å². The lowest BCUT2D eigenvalue weighted by atomic mass is 10.1. The Bertz CT molecular complexity index is 1020. The van der Waals surface area contributed by atoms with E-state index < -0.39 is 0 Å². The quantitative estimate of drug-likeness (QED) is 0.703. The molecule has 0 bridgehead atoms. The van der Waals surface area contributed by atoms with Crippen LogP contribution in [0.25, 0.3) is 11.2 Å². The molecule has 0 saturated carbocycles. The molecular weight excluding hydrogens is 368 g/mol. The fourth-order valence-electron chi connectivity index (χ4n) is 3.62. The average molecular weight is 394 g/mol. The molecule has 3 aromatic rings. The summed E-state index contributed by atoms with van der Waals surface area (Å²) in [5, 5.41) is 11.5. The van der Waals surface area contributed by atoms with Gasteiger partial charge >= 0.3 is 0 Å². The first-order valence-electron chi connectivity index (χ1n) is 9.94.